The third kappa shape index (κ3) is 1.61. The van der Waals surface area contributed by atoms with Crippen molar-refractivity contribution in [3.05, 3.63) is 24.0 Å². The van der Waals surface area contributed by atoms with Gasteiger partial charge in [-0.15, -0.1) is 0 Å². The van der Waals surface area contributed by atoms with Crippen molar-refractivity contribution in [1.29, 1.82) is 0 Å². The lowest BCUT2D eigenvalue weighted by atomic mass is 9.72. The summed E-state index contributed by atoms with van der Waals surface area (Å²) in [6.45, 7) is 2.11. The van der Waals surface area contributed by atoms with Gasteiger partial charge in [-0.1, -0.05) is 26.2 Å². The van der Waals surface area contributed by atoms with E-state index in [-0.39, 0.29) is 5.41 Å². The first kappa shape index (κ1) is 9.50. The molecule has 0 spiro atoms. The molecule has 2 rings (SSSR count). The van der Waals surface area contributed by atoms with Gasteiger partial charge in [0.1, 0.15) is 0 Å². The molecule has 0 bridgehead atoms. The zero-order chi connectivity index (χ0) is 10.0. The van der Waals surface area contributed by atoms with E-state index in [4.69, 9.17) is 0 Å². The summed E-state index contributed by atoms with van der Waals surface area (Å²) in [4.78, 5) is 15.2. The van der Waals surface area contributed by atoms with Gasteiger partial charge in [-0.3, -0.25) is 4.79 Å². The maximum Gasteiger partial charge on any atom is 0.184 e. The van der Waals surface area contributed by atoms with Crippen LogP contribution in [0, 0.1) is 5.41 Å². The van der Waals surface area contributed by atoms with Crippen LogP contribution in [0.15, 0.2) is 18.3 Å². The molecule has 1 N–H and O–H groups in total. The van der Waals surface area contributed by atoms with Crippen molar-refractivity contribution in [3.63, 3.8) is 0 Å². The normalized spacial score (nSPS) is 20.6. The summed E-state index contributed by atoms with van der Waals surface area (Å²) < 4.78 is 0. The molecule has 1 saturated carbocycles. The predicted molar refractivity (Wildman–Crippen MR) is 56.3 cm³/mol. The van der Waals surface area contributed by atoms with E-state index in [9.17, 15) is 4.79 Å². The Morgan fingerprint density at radius 2 is 2.07 bits per heavy atom. The Kier molecular flexibility index (Phi) is 2.44. The highest BCUT2D eigenvalue weighted by molar-refractivity contribution is 5.98. The molecule has 2 nitrogen and oxygen atoms in total. The topological polar surface area (TPSA) is 32.9 Å². The van der Waals surface area contributed by atoms with Crippen LogP contribution in [0.25, 0.3) is 0 Å². The Hall–Kier alpha value is -1.05. The third-order valence-corrected chi connectivity index (χ3v) is 3.35. The van der Waals surface area contributed by atoms with Crippen molar-refractivity contribution in [2.24, 2.45) is 5.41 Å². The smallest absolute Gasteiger partial charge is 0.184 e. The van der Waals surface area contributed by atoms with E-state index >= 15 is 0 Å². The van der Waals surface area contributed by atoms with E-state index < -0.39 is 0 Å². The fraction of sp³-hybridized carbons (Fsp3) is 0.583. The second kappa shape index (κ2) is 3.60. The van der Waals surface area contributed by atoms with Gasteiger partial charge in [-0.25, -0.2) is 0 Å². The van der Waals surface area contributed by atoms with Crippen LogP contribution >= 0.6 is 0 Å². The lowest BCUT2D eigenvalue weighted by Gasteiger charge is -2.31. The molecule has 0 amide bonds. The number of carbonyl (C=O) groups is 1. The van der Waals surface area contributed by atoms with Crippen LogP contribution in [0.3, 0.4) is 0 Å². The number of carbonyl (C=O) groups excluding carboxylic acids is 1. The van der Waals surface area contributed by atoms with Crippen LogP contribution < -0.4 is 0 Å². The van der Waals surface area contributed by atoms with Gasteiger partial charge in [-0.05, 0) is 25.0 Å². The second-order valence-corrected chi connectivity index (χ2v) is 4.53. The van der Waals surface area contributed by atoms with Crippen LogP contribution in [0.2, 0.25) is 0 Å². The van der Waals surface area contributed by atoms with Crippen LogP contribution in [0.4, 0.5) is 0 Å². The highest BCUT2D eigenvalue weighted by Crippen LogP contribution is 2.38. The van der Waals surface area contributed by atoms with Gasteiger partial charge in [0, 0.05) is 11.6 Å². The molecule has 0 unspecified atom stereocenters. The fourth-order valence-electron chi connectivity index (χ4n) is 2.36. The second-order valence-electron chi connectivity index (χ2n) is 4.53. The minimum atomic E-state index is -0.108. The summed E-state index contributed by atoms with van der Waals surface area (Å²) in [7, 11) is 0. The molecule has 1 aromatic rings. The van der Waals surface area contributed by atoms with Crippen LogP contribution in [0.5, 0.6) is 0 Å². The number of rotatable bonds is 2. The van der Waals surface area contributed by atoms with Crippen molar-refractivity contribution in [1.82, 2.24) is 4.98 Å². The number of hydrogen-bond donors (Lipinski definition) is 1. The van der Waals surface area contributed by atoms with Crippen molar-refractivity contribution in [2.75, 3.05) is 0 Å². The van der Waals surface area contributed by atoms with Crippen LogP contribution in [-0.4, -0.2) is 10.8 Å². The summed E-state index contributed by atoms with van der Waals surface area (Å²) in [6, 6.07) is 3.77. The molecule has 0 saturated heterocycles. The number of aromatic nitrogens is 1. The molecule has 1 aromatic heterocycles. The Labute approximate surface area is 84.7 Å². The maximum atomic E-state index is 12.2. The molecule has 76 valence electrons. The van der Waals surface area contributed by atoms with E-state index in [1.807, 2.05) is 18.3 Å². The zero-order valence-electron chi connectivity index (χ0n) is 8.68. The molecule has 0 atom stereocenters. The number of Topliss-reactive ketones (excluding diaryl/α,β-unsaturated/α-hetero) is 1. The minimum Gasteiger partial charge on any atom is -0.359 e. The number of nitrogens with one attached hydrogen (secondary N) is 1. The lowest BCUT2D eigenvalue weighted by molar-refractivity contribution is 0.0744. The first-order valence-electron chi connectivity index (χ1n) is 5.41. The van der Waals surface area contributed by atoms with Crippen LogP contribution in [-0.2, 0) is 0 Å². The SMILES string of the molecule is CC1(C(=O)c2ccc[nH]2)CCCCC1. The molecule has 1 aliphatic rings. The highest BCUT2D eigenvalue weighted by atomic mass is 16.1. The van der Waals surface area contributed by atoms with Crippen molar-refractivity contribution < 1.29 is 4.79 Å². The number of aromatic amines is 1. The standard InChI is InChI=1S/C12H17NO/c1-12(7-3-2-4-8-12)11(14)10-6-5-9-13-10/h5-6,9,13H,2-4,7-8H2,1H3. The highest BCUT2D eigenvalue weighted by Gasteiger charge is 2.35. The van der Waals surface area contributed by atoms with Gasteiger partial charge in [0.2, 0.25) is 0 Å². The van der Waals surface area contributed by atoms with Gasteiger partial charge in [-0.2, -0.15) is 0 Å². The van der Waals surface area contributed by atoms with Gasteiger partial charge in [0.05, 0.1) is 5.69 Å². The van der Waals surface area contributed by atoms with E-state index in [0.717, 1.165) is 18.5 Å². The average Bonchev–Trinajstić information content (AvgIpc) is 2.70. The fourth-order valence-corrected chi connectivity index (χ4v) is 2.36. The van der Waals surface area contributed by atoms with Gasteiger partial charge in [0.25, 0.3) is 0 Å². The summed E-state index contributed by atoms with van der Waals surface area (Å²) in [6.07, 6.45) is 7.59. The van der Waals surface area contributed by atoms with Crippen molar-refractivity contribution >= 4 is 5.78 Å². The first-order chi connectivity index (χ1) is 6.72. The molecule has 1 aliphatic carbocycles. The Bertz CT molecular complexity index is 307. The van der Waals surface area contributed by atoms with E-state index in [0.29, 0.717) is 5.78 Å². The van der Waals surface area contributed by atoms with Gasteiger partial charge < -0.3 is 4.98 Å². The Balaban J connectivity index is 2.17. The molecule has 1 heterocycles. The molecule has 1 fully saturated rings. The largest absolute Gasteiger partial charge is 0.359 e. The molecule has 0 radical (unpaired) electrons. The van der Waals surface area contributed by atoms with E-state index in [1.54, 1.807) is 0 Å². The van der Waals surface area contributed by atoms with Gasteiger partial charge >= 0.3 is 0 Å². The monoisotopic (exact) mass is 191 g/mol. The number of ketones is 1. The van der Waals surface area contributed by atoms with E-state index in [1.165, 1.54) is 19.3 Å². The molecule has 2 heteroatoms. The molecule has 0 aliphatic heterocycles. The third-order valence-electron chi connectivity index (χ3n) is 3.35. The summed E-state index contributed by atoms with van der Waals surface area (Å²) in [5.41, 5.74) is 0.665. The Morgan fingerprint density at radius 3 is 2.64 bits per heavy atom. The summed E-state index contributed by atoms with van der Waals surface area (Å²) in [5, 5.41) is 0. The Morgan fingerprint density at radius 1 is 1.36 bits per heavy atom. The predicted octanol–water partition coefficient (Wildman–Crippen LogP) is 3.17. The van der Waals surface area contributed by atoms with Crippen molar-refractivity contribution in [2.45, 2.75) is 39.0 Å². The quantitative estimate of drug-likeness (QED) is 0.715. The van der Waals surface area contributed by atoms with Crippen LogP contribution in [0.1, 0.15) is 49.5 Å². The van der Waals surface area contributed by atoms with E-state index in [2.05, 4.69) is 11.9 Å². The molecule has 0 aromatic carbocycles. The maximum absolute atomic E-state index is 12.2. The molecule has 14 heavy (non-hydrogen) atoms. The lowest BCUT2D eigenvalue weighted by Crippen LogP contribution is -2.30. The zero-order valence-corrected chi connectivity index (χ0v) is 8.68. The number of H-pyrrole nitrogens is 1. The average molecular weight is 191 g/mol. The summed E-state index contributed by atoms with van der Waals surface area (Å²) >= 11 is 0. The molecular formula is C12H17NO. The molecular weight excluding hydrogens is 174 g/mol. The van der Waals surface area contributed by atoms with Gasteiger partial charge in [0.15, 0.2) is 5.78 Å². The minimum absolute atomic E-state index is 0.108. The number of hydrogen-bond acceptors (Lipinski definition) is 1. The first-order valence-corrected chi connectivity index (χ1v) is 5.41. The van der Waals surface area contributed by atoms with Crippen molar-refractivity contribution in [3.8, 4) is 0 Å². The summed E-state index contributed by atoms with van der Waals surface area (Å²) in [5.74, 6) is 0.294.